The maximum Gasteiger partial charge on any atom is 0.412 e. The van der Waals surface area contributed by atoms with Crippen molar-refractivity contribution in [3.8, 4) is 0 Å². The van der Waals surface area contributed by atoms with Crippen molar-refractivity contribution < 1.29 is 23.1 Å². The summed E-state index contributed by atoms with van der Waals surface area (Å²) in [5.74, 6) is -0.738. The van der Waals surface area contributed by atoms with Crippen LogP contribution in [0.15, 0.2) is 70.5 Å². The van der Waals surface area contributed by atoms with Crippen molar-refractivity contribution in [2.75, 3.05) is 10.6 Å². The lowest BCUT2D eigenvalue weighted by atomic mass is 10.1. The zero-order valence-corrected chi connectivity index (χ0v) is 20.1. The van der Waals surface area contributed by atoms with Gasteiger partial charge in [-0.1, -0.05) is 30.0 Å². The number of hydrogen-bond acceptors (Lipinski definition) is 7. The molecule has 0 aliphatic heterocycles. The first-order valence-electron chi connectivity index (χ1n) is 10.7. The molecular weight excluding hydrogens is 471 g/mol. The highest BCUT2D eigenvalue weighted by Crippen LogP contribution is 2.32. The molecule has 0 unspecified atom stereocenters. The molecule has 0 saturated carbocycles. The first-order chi connectivity index (χ1) is 16.7. The number of para-hydroxylation sites is 1. The zero-order valence-electron chi connectivity index (χ0n) is 19.3. The van der Waals surface area contributed by atoms with Crippen LogP contribution in [-0.2, 0) is 10.5 Å². The summed E-state index contributed by atoms with van der Waals surface area (Å²) < 4.78 is 25.2. The van der Waals surface area contributed by atoms with Crippen LogP contribution in [0, 0.1) is 5.82 Å². The molecule has 10 heteroatoms. The number of nitrogens with one attached hydrogen (secondary N) is 2. The summed E-state index contributed by atoms with van der Waals surface area (Å²) in [4.78, 5) is 33.9. The van der Waals surface area contributed by atoms with E-state index in [0.29, 0.717) is 22.1 Å². The lowest BCUT2D eigenvalue weighted by molar-refractivity contribution is 0.0635. The molecule has 0 aliphatic carbocycles. The minimum absolute atomic E-state index is 0.0614. The minimum atomic E-state index is -0.733. The molecule has 35 heavy (non-hydrogen) atoms. The molecule has 0 bridgehead atoms. The lowest BCUT2D eigenvalue weighted by Crippen LogP contribution is -2.27. The highest BCUT2D eigenvalue weighted by molar-refractivity contribution is 7.98. The largest absolute Gasteiger partial charge is 0.451 e. The number of fused-ring (bicyclic) bond motifs is 1. The van der Waals surface area contributed by atoms with Crippen LogP contribution in [0.1, 0.15) is 36.9 Å². The molecular formula is C25H23FN4O4S. The molecule has 0 spiro atoms. The highest BCUT2D eigenvalue weighted by Gasteiger charge is 2.23. The van der Waals surface area contributed by atoms with E-state index in [1.54, 1.807) is 51.4 Å². The quantitative estimate of drug-likeness (QED) is 0.241. The fraction of sp³-hybridized carbons (Fsp3) is 0.200. The Morgan fingerprint density at radius 1 is 1.03 bits per heavy atom. The number of anilines is 2. The molecule has 4 aromatic rings. The van der Waals surface area contributed by atoms with E-state index < -0.39 is 23.4 Å². The fourth-order valence-electron chi connectivity index (χ4n) is 3.24. The summed E-state index contributed by atoms with van der Waals surface area (Å²) in [5.41, 5.74) is 0.698. The predicted octanol–water partition coefficient (Wildman–Crippen LogP) is 6.25. The Bertz CT molecular complexity index is 1370. The average molecular weight is 495 g/mol. The molecule has 0 fully saturated rings. The Hall–Kier alpha value is -3.92. The number of carbonyl (C=O) groups is 2. The van der Waals surface area contributed by atoms with Gasteiger partial charge in [0.25, 0.3) is 5.91 Å². The first-order valence-corrected chi connectivity index (χ1v) is 11.7. The number of rotatable bonds is 6. The molecule has 4 rings (SSSR count). The monoisotopic (exact) mass is 494 g/mol. The van der Waals surface area contributed by atoms with E-state index in [-0.39, 0.29) is 17.1 Å². The van der Waals surface area contributed by atoms with E-state index >= 15 is 0 Å². The summed E-state index contributed by atoms with van der Waals surface area (Å²) in [6.45, 7) is 5.17. The molecule has 2 aromatic heterocycles. The van der Waals surface area contributed by atoms with Gasteiger partial charge in [0.2, 0.25) is 0 Å². The van der Waals surface area contributed by atoms with Crippen molar-refractivity contribution in [1.29, 1.82) is 0 Å². The van der Waals surface area contributed by atoms with E-state index in [1.807, 2.05) is 12.1 Å². The van der Waals surface area contributed by atoms with Crippen LogP contribution in [0.4, 0.5) is 20.6 Å². The van der Waals surface area contributed by atoms with E-state index in [4.69, 9.17) is 9.15 Å². The Morgan fingerprint density at radius 2 is 1.77 bits per heavy atom. The minimum Gasteiger partial charge on any atom is -0.451 e. The summed E-state index contributed by atoms with van der Waals surface area (Å²) in [7, 11) is 0. The van der Waals surface area contributed by atoms with Gasteiger partial charge in [0.15, 0.2) is 10.9 Å². The standard InChI is InChI=1S/C25H23FN4O4S/c1-25(2,3)34-24(32)30-18-10-9-15(26)13-19(18)29-22(31)21-17(14-35-23-27-11-6-12-28-23)16-7-4-5-8-20(16)33-21/h4-13H,14H2,1-3H3,(H,29,31)(H,30,32). The second-order valence-corrected chi connectivity index (χ2v) is 9.44. The van der Waals surface area contributed by atoms with Gasteiger partial charge in [0, 0.05) is 29.1 Å². The van der Waals surface area contributed by atoms with Crippen LogP contribution < -0.4 is 10.6 Å². The third kappa shape index (κ3) is 6.15. The van der Waals surface area contributed by atoms with Gasteiger partial charge < -0.3 is 14.5 Å². The molecule has 8 nitrogen and oxygen atoms in total. The average Bonchev–Trinajstić information content (AvgIpc) is 3.18. The Morgan fingerprint density at radius 3 is 2.51 bits per heavy atom. The van der Waals surface area contributed by atoms with Gasteiger partial charge in [0.05, 0.1) is 11.4 Å². The number of carbonyl (C=O) groups excluding carboxylic acids is 2. The molecule has 0 atom stereocenters. The Balaban J connectivity index is 1.61. The smallest absolute Gasteiger partial charge is 0.412 e. The molecule has 0 radical (unpaired) electrons. The van der Waals surface area contributed by atoms with Gasteiger partial charge in [-0.2, -0.15) is 0 Å². The van der Waals surface area contributed by atoms with Gasteiger partial charge in [-0.15, -0.1) is 0 Å². The number of benzene rings is 2. The normalized spacial score (nSPS) is 11.3. The van der Waals surface area contributed by atoms with Gasteiger partial charge in [-0.3, -0.25) is 10.1 Å². The Labute approximate surface area is 205 Å². The molecule has 180 valence electrons. The predicted molar refractivity (Wildman–Crippen MR) is 132 cm³/mol. The molecule has 0 aliphatic rings. The van der Waals surface area contributed by atoms with Crippen LogP contribution in [0.3, 0.4) is 0 Å². The van der Waals surface area contributed by atoms with E-state index in [2.05, 4.69) is 20.6 Å². The van der Waals surface area contributed by atoms with Crippen LogP contribution >= 0.6 is 11.8 Å². The van der Waals surface area contributed by atoms with Crippen molar-refractivity contribution in [2.24, 2.45) is 0 Å². The molecule has 2 N–H and O–H groups in total. The van der Waals surface area contributed by atoms with E-state index in [1.165, 1.54) is 23.9 Å². The number of halogens is 1. The maximum absolute atomic E-state index is 14.0. The van der Waals surface area contributed by atoms with Crippen molar-refractivity contribution in [3.63, 3.8) is 0 Å². The number of thioether (sulfide) groups is 1. The third-order valence-electron chi connectivity index (χ3n) is 4.66. The van der Waals surface area contributed by atoms with Crippen molar-refractivity contribution in [3.05, 3.63) is 78.1 Å². The Kier molecular flexibility index (Phi) is 7.02. The number of nitrogens with zero attached hydrogens (tertiary/aromatic N) is 2. The van der Waals surface area contributed by atoms with Crippen LogP contribution in [0.5, 0.6) is 0 Å². The second kappa shape index (κ2) is 10.1. The van der Waals surface area contributed by atoms with E-state index in [9.17, 15) is 14.0 Å². The van der Waals surface area contributed by atoms with Crippen LogP contribution in [-0.4, -0.2) is 27.6 Å². The van der Waals surface area contributed by atoms with Crippen molar-refractivity contribution in [2.45, 2.75) is 37.3 Å². The second-order valence-electron chi connectivity index (χ2n) is 8.50. The van der Waals surface area contributed by atoms with Gasteiger partial charge in [0.1, 0.15) is 17.0 Å². The molecule has 2 aromatic carbocycles. The zero-order chi connectivity index (χ0) is 25.0. The number of hydrogen-bond donors (Lipinski definition) is 2. The molecule has 2 amide bonds. The number of furan rings is 1. The van der Waals surface area contributed by atoms with Crippen LogP contribution in [0.25, 0.3) is 11.0 Å². The number of aromatic nitrogens is 2. The fourth-order valence-corrected chi connectivity index (χ4v) is 4.07. The van der Waals surface area contributed by atoms with Crippen LogP contribution in [0.2, 0.25) is 0 Å². The molecule has 2 heterocycles. The lowest BCUT2D eigenvalue weighted by Gasteiger charge is -2.20. The maximum atomic E-state index is 14.0. The summed E-state index contributed by atoms with van der Waals surface area (Å²) >= 11 is 1.35. The van der Waals surface area contributed by atoms with Crippen molar-refractivity contribution >= 4 is 46.1 Å². The summed E-state index contributed by atoms with van der Waals surface area (Å²) in [6, 6.07) is 12.6. The van der Waals surface area contributed by atoms with Crippen molar-refractivity contribution in [1.82, 2.24) is 9.97 Å². The van der Waals surface area contributed by atoms with Gasteiger partial charge >= 0.3 is 6.09 Å². The van der Waals surface area contributed by atoms with Gasteiger partial charge in [-0.25, -0.2) is 19.2 Å². The summed E-state index contributed by atoms with van der Waals surface area (Å²) in [6.07, 6.45) is 2.54. The van der Waals surface area contributed by atoms with Gasteiger partial charge in [-0.05, 0) is 51.1 Å². The molecule has 0 saturated heterocycles. The number of ether oxygens (including phenoxy) is 1. The first kappa shape index (κ1) is 24.2. The summed E-state index contributed by atoms with van der Waals surface area (Å²) in [5, 5.41) is 6.52. The highest BCUT2D eigenvalue weighted by atomic mass is 32.2. The van der Waals surface area contributed by atoms with E-state index in [0.717, 1.165) is 11.5 Å². The SMILES string of the molecule is CC(C)(C)OC(=O)Nc1ccc(F)cc1NC(=O)c1oc2ccccc2c1CSc1ncccn1. The third-order valence-corrected chi connectivity index (χ3v) is 5.56. The number of amides is 2. The topological polar surface area (TPSA) is 106 Å².